The Labute approximate surface area is 232 Å². The number of likely N-dealkylation sites (N-methyl/N-ethyl adjacent to an activating group) is 1. The number of ether oxygens (including phenoxy) is 5. The molecule has 17 atom stereocenters. The zero-order valence-electron chi connectivity index (χ0n) is 22.4. The van der Waals surface area contributed by atoms with E-state index >= 15 is 0 Å². The standard InChI is InChI=1S/C24H45N5O11/c1-3-4-29(2)14-17(33)21-11(36-23(14)40-24-19(35)16(32)13(28)12(7-30)37-24)6-10(27)22(39-21)38-20-9(26)5-8(25)15(31)18(20)34/h3,8-24,30-35H,1,4-7,25-28H2,2H3/t8-,9+,10-,11?,12-,13-,14+,15+,16+,17-,18-,19-,20-,21+,22+,23-,24-/m1/s1. The van der Waals surface area contributed by atoms with Gasteiger partial charge in [-0.3, -0.25) is 4.90 Å². The molecule has 0 amide bonds. The van der Waals surface area contributed by atoms with E-state index in [2.05, 4.69) is 6.58 Å². The van der Waals surface area contributed by atoms with Crippen LogP contribution in [0.5, 0.6) is 0 Å². The van der Waals surface area contributed by atoms with Gasteiger partial charge in [0, 0.05) is 18.6 Å². The summed E-state index contributed by atoms with van der Waals surface area (Å²) in [5.74, 6) is 0. The summed E-state index contributed by atoms with van der Waals surface area (Å²) < 4.78 is 29.8. The second-order valence-corrected chi connectivity index (χ2v) is 11.2. The van der Waals surface area contributed by atoms with Crippen molar-refractivity contribution in [3.8, 4) is 0 Å². The smallest absolute Gasteiger partial charge is 0.189 e. The highest BCUT2D eigenvalue weighted by molar-refractivity contribution is 5.02. The van der Waals surface area contributed by atoms with E-state index in [0.29, 0.717) is 6.54 Å². The fourth-order valence-corrected chi connectivity index (χ4v) is 5.92. The molecule has 3 saturated heterocycles. The molecule has 0 aromatic heterocycles. The first kappa shape index (κ1) is 32.0. The summed E-state index contributed by atoms with van der Waals surface area (Å²) in [4.78, 5) is 1.70. The normalized spacial score (nSPS) is 51.9. The summed E-state index contributed by atoms with van der Waals surface area (Å²) in [5, 5.41) is 62.8. The van der Waals surface area contributed by atoms with Crippen LogP contribution in [0.15, 0.2) is 12.7 Å². The number of aliphatic hydroxyl groups excluding tert-OH is 6. The molecule has 0 radical (unpaired) electrons. The van der Waals surface area contributed by atoms with Crippen LogP contribution in [0, 0.1) is 0 Å². The molecule has 3 heterocycles. The Kier molecular flexibility index (Phi) is 10.5. The molecule has 4 fully saturated rings. The lowest BCUT2D eigenvalue weighted by Crippen LogP contribution is -2.70. The number of hydrogen-bond acceptors (Lipinski definition) is 16. The number of aliphatic hydroxyl groups is 6. The lowest BCUT2D eigenvalue weighted by Gasteiger charge is -2.53. The van der Waals surface area contributed by atoms with Gasteiger partial charge in [0.05, 0.1) is 36.9 Å². The molecular weight excluding hydrogens is 534 g/mol. The molecule has 0 spiro atoms. The first-order valence-electron chi connectivity index (χ1n) is 13.5. The van der Waals surface area contributed by atoms with Crippen LogP contribution >= 0.6 is 0 Å². The molecule has 0 aromatic rings. The van der Waals surface area contributed by atoms with Crippen molar-refractivity contribution in [2.75, 3.05) is 20.2 Å². The van der Waals surface area contributed by atoms with Crippen molar-refractivity contribution < 1.29 is 54.3 Å². The zero-order valence-corrected chi connectivity index (χ0v) is 22.4. The van der Waals surface area contributed by atoms with E-state index in [0.717, 1.165) is 0 Å². The van der Waals surface area contributed by atoms with E-state index in [9.17, 15) is 30.6 Å². The Bertz CT molecular complexity index is 847. The second-order valence-electron chi connectivity index (χ2n) is 11.2. The highest BCUT2D eigenvalue weighted by Gasteiger charge is 2.55. The summed E-state index contributed by atoms with van der Waals surface area (Å²) in [7, 11) is 1.69. The van der Waals surface area contributed by atoms with Crippen LogP contribution in [-0.2, 0) is 23.7 Å². The van der Waals surface area contributed by atoms with Crippen molar-refractivity contribution in [2.24, 2.45) is 22.9 Å². The minimum absolute atomic E-state index is 0.144. The van der Waals surface area contributed by atoms with Gasteiger partial charge in [0.15, 0.2) is 18.9 Å². The quantitative estimate of drug-likeness (QED) is 0.120. The first-order valence-corrected chi connectivity index (χ1v) is 13.5. The molecule has 0 aromatic carbocycles. The van der Waals surface area contributed by atoms with Gasteiger partial charge in [-0.2, -0.15) is 0 Å². The molecule has 232 valence electrons. The van der Waals surface area contributed by atoms with Gasteiger partial charge in [-0.1, -0.05) is 6.08 Å². The van der Waals surface area contributed by atoms with Gasteiger partial charge in [0.1, 0.15) is 42.7 Å². The van der Waals surface area contributed by atoms with E-state index in [4.69, 9.17) is 46.6 Å². The van der Waals surface area contributed by atoms with Crippen molar-refractivity contribution in [2.45, 2.75) is 117 Å². The highest BCUT2D eigenvalue weighted by atomic mass is 16.8. The maximum atomic E-state index is 11.5. The van der Waals surface area contributed by atoms with Gasteiger partial charge >= 0.3 is 0 Å². The van der Waals surface area contributed by atoms with E-state index in [1.165, 1.54) is 0 Å². The highest BCUT2D eigenvalue weighted by Crippen LogP contribution is 2.37. The van der Waals surface area contributed by atoms with Crippen molar-refractivity contribution >= 4 is 0 Å². The van der Waals surface area contributed by atoms with Gasteiger partial charge in [-0.15, -0.1) is 6.58 Å². The average Bonchev–Trinajstić information content (AvgIpc) is 2.90. The largest absolute Gasteiger partial charge is 0.394 e. The number of nitrogens with zero attached hydrogens (tertiary/aromatic N) is 1. The molecular formula is C24H45N5O11. The third-order valence-electron chi connectivity index (χ3n) is 8.30. The number of fused-ring (bicyclic) bond motifs is 1. The van der Waals surface area contributed by atoms with Crippen molar-refractivity contribution in [3.63, 3.8) is 0 Å². The van der Waals surface area contributed by atoms with Gasteiger partial charge in [-0.25, -0.2) is 0 Å². The summed E-state index contributed by atoms with van der Waals surface area (Å²) in [6.45, 7) is 3.52. The van der Waals surface area contributed by atoms with Crippen molar-refractivity contribution in [1.29, 1.82) is 0 Å². The molecule has 14 N–H and O–H groups in total. The Morgan fingerprint density at radius 3 is 2.15 bits per heavy atom. The molecule has 4 aliphatic rings. The van der Waals surface area contributed by atoms with E-state index in [-0.39, 0.29) is 12.8 Å². The molecule has 1 saturated carbocycles. The van der Waals surface area contributed by atoms with Crippen LogP contribution < -0.4 is 22.9 Å². The zero-order chi connectivity index (χ0) is 29.5. The average molecular weight is 580 g/mol. The second kappa shape index (κ2) is 13.2. The van der Waals surface area contributed by atoms with Crippen molar-refractivity contribution in [1.82, 2.24) is 4.90 Å². The molecule has 1 aliphatic carbocycles. The molecule has 16 nitrogen and oxygen atoms in total. The summed E-state index contributed by atoms with van der Waals surface area (Å²) in [5.41, 5.74) is 24.2. The van der Waals surface area contributed by atoms with Crippen LogP contribution in [0.3, 0.4) is 0 Å². The first-order chi connectivity index (χ1) is 18.9. The monoisotopic (exact) mass is 579 g/mol. The van der Waals surface area contributed by atoms with Gasteiger partial charge in [-0.05, 0) is 19.9 Å². The predicted octanol–water partition coefficient (Wildman–Crippen LogP) is -6.05. The van der Waals surface area contributed by atoms with E-state index < -0.39 is 111 Å². The maximum Gasteiger partial charge on any atom is 0.189 e. The topological polar surface area (TPSA) is 275 Å². The van der Waals surface area contributed by atoms with Crippen LogP contribution in [0.4, 0.5) is 0 Å². The maximum absolute atomic E-state index is 11.5. The molecule has 16 heteroatoms. The third kappa shape index (κ3) is 6.23. The molecule has 3 aliphatic heterocycles. The van der Waals surface area contributed by atoms with Crippen LogP contribution in [0.25, 0.3) is 0 Å². The lowest BCUT2D eigenvalue weighted by atomic mass is 9.84. The summed E-state index contributed by atoms with van der Waals surface area (Å²) >= 11 is 0. The van der Waals surface area contributed by atoms with Crippen LogP contribution in [-0.4, -0.2) is 160 Å². The minimum Gasteiger partial charge on any atom is -0.394 e. The molecule has 40 heavy (non-hydrogen) atoms. The Morgan fingerprint density at radius 2 is 1.50 bits per heavy atom. The Morgan fingerprint density at radius 1 is 0.800 bits per heavy atom. The molecule has 1 unspecified atom stereocenters. The number of nitrogens with two attached hydrogens (primary N) is 4. The molecule has 4 rings (SSSR count). The predicted molar refractivity (Wildman–Crippen MR) is 137 cm³/mol. The minimum atomic E-state index is -1.56. The SMILES string of the molecule is C=CCN(C)[C@@H]1[C@@H](O[C@H]2O[C@H](CO)[C@@H](N)[C@H](O)[C@H]2O)OC2C[C@@H](N)[C@@H](O[C@H]3[C@H](O)[C@@H](O)[C@H](N)C[C@@H]3N)O[C@@H]2[C@@H]1O. The number of hydrogen-bond donors (Lipinski definition) is 10. The lowest BCUT2D eigenvalue weighted by molar-refractivity contribution is -0.379. The van der Waals surface area contributed by atoms with Gasteiger partial charge in [0.2, 0.25) is 0 Å². The molecule has 0 bridgehead atoms. The number of rotatable bonds is 8. The van der Waals surface area contributed by atoms with Crippen LogP contribution in [0.2, 0.25) is 0 Å². The van der Waals surface area contributed by atoms with E-state index in [1.54, 1.807) is 18.0 Å². The Balaban J connectivity index is 1.51. The van der Waals surface area contributed by atoms with Crippen LogP contribution in [0.1, 0.15) is 12.8 Å². The Hall–Kier alpha value is -0.900. The van der Waals surface area contributed by atoms with Crippen molar-refractivity contribution in [3.05, 3.63) is 12.7 Å². The van der Waals surface area contributed by atoms with Gasteiger partial charge in [0.25, 0.3) is 0 Å². The van der Waals surface area contributed by atoms with E-state index in [1.807, 2.05) is 0 Å². The fraction of sp³-hybridized carbons (Fsp3) is 0.917. The fourth-order valence-electron chi connectivity index (χ4n) is 5.92. The summed E-state index contributed by atoms with van der Waals surface area (Å²) in [6.07, 6.45) is -12.4. The third-order valence-corrected chi connectivity index (χ3v) is 8.30. The van der Waals surface area contributed by atoms with Gasteiger partial charge < -0.3 is 77.3 Å². The summed E-state index contributed by atoms with van der Waals surface area (Å²) in [6, 6.07) is -4.10.